The molecule has 3 nitrogen and oxygen atoms in total. The predicted molar refractivity (Wildman–Crippen MR) is 57.7 cm³/mol. The minimum atomic E-state index is -0.179. The molecule has 0 radical (unpaired) electrons. The summed E-state index contributed by atoms with van der Waals surface area (Å²) in [6, 6.07) is 0. The average molecular weight is 199 g/mol. The number of hydrogen-bond acceptors (Lipinski definition) is 3. The molecule has 14 heavy (non-hydrogen) atoms. The highest BCUT2D eigenvalue weighted by Crippen LogP contribution is 2.07. The molecule has 0 aliphatic rings. The number of rotatable bonds is 9. The number of carbonyl (C=O) groups is 1. The van der Waals surface area contributed by atoms with Crippen molar-refractivity contribution in [3.63, 3.8) is 0 Å². The Labute approximate surface area is 86.3 Å². The van der Waals surface area contributed by atoms with Gasteiger partial charge in [0.05, 0.1) is 6.26 Å². The van der Waals surface area contributed by atoms with Crippen LogP contribution in [0.2, 0.25) is 0 Å². The lowest BCUT2D eigenvalue weighted by Crippen LogP contribution is -1.99. The first-order chi connectivity index (χ1) is 6.81. The molecule has 0 bridgehead atoms. The van der Waals surface area contributed by atoms with Crippen LogP contribution in [0.1, 0.15) is 44.9 Å². The van der Waals surface area contributed by atoms with E-state index in [0.717, 1.165) is 25.8 Å². The normalized spacial score (nSPS) is 9.79. The Morgan fingerprint density at radius 1 is 1.14 bits per heavy atom. The van der Waals surface area contributed by atoms with Gasteiger partial charge in [-0.3, -0.25) is 4.79 Å². The van der Waals surface area contributed by atoms with Gasteiger partial charge in [-0.1, -0.05) is 32.3 Å². The molecular formula is C11H21NO2. The third-order valence-corrected chi connectivity index (χ3v) is 2.05. The third-order valence-electron chi connectivity index (χ3n) is 2.05. The summed E-state index contributed by atoms with van der Waals surface area (Å²) in [5.41, 5.74) is 5.37. The fraction of sp³-hybridized carbons (Fsp3) is 0.727. The first-order valence-electron chi connectivity index (χ1n) is 5.31. The average Bonchev–Trinajstić information content (AvgIpc) is 2.17. The minimum absolute atomic E-state index is 0.179. The Balaban J connectivity index is 3.05. The first-order valence-corrected chi connectivity index (χ1v) is 5.31. The van der Waals surface area contributed by atoms with Gasteiger partial charge >= 0.3 is 5.97 Å². The van der Waals surface area contributed by atoms with Crippen molar-refractivity contribution in [2.24, 2.45) is 5.73 Å². The van der Waals surface area contributed by atoms with E-state index < -0.39 is 0 Å². The van der Waals surface area contributed by atoms with Crippen LogP contribution >= 0.6 is 0 Å². The summed E-state index contributed by atoms with van der Waals surface area (Å²) >= 11 is 0. The summed E-state index contributed by atoms with van der Waals surface area (Å²) in [6.45, 7) is 4.11. The van der Waals surface area contributed by atoms with E-state index in [-0.39, 0.29) is 5.97 Å². The van der Waals surface area contributed by atoms with E-state index in [2.05, 4.69) is 11.3 Å². The van der Waals surface area contributed by atoms with Crippen LogP contribution in [0.25, 0.3) is 0 Å². The molecule has 0 aromatic heterocycles. The summed E-state index contributed by atoms with van der Waals surface area (Å²) in [5, 5.41) is 0. The molecule has 0 saturated heterocycles. The van der Waals surface area contributed by atoms with Crippen LogP contribution < -0.4 is 5.73 Å². The molecule has 0 spiro atoms. The van der Waals surface area contributed by atoms with Crippen LogP contribution in [0, 0.1) is 0 Å². The number of unbranched alkanes of at least 4 members (excludes halogenated alkanes) is 5. The Bertz CT molecular complexity index is 157. The zero-order chi connectivity index (χ0) is 10.6. The molecule has 0 atom stereocenters. The predicted octanol–water partition coefficient (Wildman–Crippen LogP) is 2.36. The lowest BCUT2D eigenvalue weighted by atomic mass is 10.1. The van der Waals surface area contributed by atoms with Crippen LogP contribution in [0.3, 0.4) is 0 Å². The molecule has 0 unspecified atom stereocenters. The summed E-state index contributed by atoms with van der Waals surface area (Å²) < 4.78 is 4.60. The second-order valence-electron chi connectivity index (χ2n) is 3.32. The van der Waals surface area contributed by atoms with E-state index in [9.17, 15) is 4.79 Å². The van der Waals surface area contributed by atoms with E-state index in [1.54, 1.807) is 0 Å². The lowest BCUT2D eigenvalue weighted by molar-refractivity contribution is -0.138. The van der Waals surface area contributed by atoms with Gasteiger partial charge < -0.3 is 10.5 Å². The van der Waals surface area contributed by atoms with Crippen LogP contribution in [0.4, 0.5) is 0 Å². The molecule has 0 aromatic carbocycles. The molecule has 0 saturated carbocycles. The summed E-state index contributed by atoms with van der Waals surface area (Å²) in [6.07, 6.45) is 8.40. The number of carbonyl (C=O) groups excluding carboxylic acids is 1. The van der Waals surface area contributed by atoms with E-state index in [1.807, 2.05) is 0 Å². The van der Waals surface area contributed by atoms with Crippen LogP contribution in [-0.2, 0) is 9.53 Å². The molecule has 3 heteroatoms. The van der Waals surface area contributed by atoms with E-state index in [4.69, 9.17) is 5.73 Å². The number of nitrogens with two attached hydrogens (primary N) is 1. The highest BCUT2D eigenvalue weighted by molar-refractivity contribution is 5.69. The number of hydrogen-bond donors (Lipinski definition) is 1. The van der Waals surface area contributed by atoms with Gasteiger partial charge in [0.15, 0.2) is 0 Å². The van der Waals surface area contributed by atoms with Gasteiger partial charge in [0.1, 0.15) is 0 Å². The smallest absolute Gasteiger partial charge is 0.310 e. The zero-order valence-corrected chi connectivity index (χ0v) is 8.84. The Hall–Kier alpha value is -0.830. The van der Waals surface area contributed by atoms with Crippen LogP contribution in [0.5, 0.6) is 0 Å². The molecule has 0 aliphatic heterocycles. The van der Waals surface area contributed by atoms with Gasteiger partial charge in [-0.25, -0.2) is 0 Å². The van der Waals surface area contributed by atoms with Gasteiger partial charge in [-0.15, -0.1) is 0 Å². The summed E-state index contributed by atoms with van der Waals surface area (Å²) in [7, 11) is 0. The van der Waals surface area contributed by atoms with Gasteiger partial charge in [-0.2, -0.15) is 0 Å². The van der Waals surface area contributed by atoms with Gasteiger partial charge in [-0.05, 0) is 19.4 Å². The standard InChI is InChI=1S/C11H21NO2/c1-2-14-11(13)9-7-5-3-4-6-8-10-12/h2H,1,3-10,12H2. The summed E-state index contributed by atoms with van der Waals surface area (Å²) in [5.74, 6) is -0.179. The fourth-order valence-electron chi connectivity index (χ4n) is 1.27. The van der Waals surface area contributed by atoms with E-state index >= 15 is 0 Å². The number of esters is 1. The van der Waals surface area contributed by atoms with E-state index in [1.165, 1.54) is 25.5 Å². The summed E-state index contributed by atoms with van der Waals surface area (Å²) in [4.78, 5) is 10.9. The van der Waals surface area contributed by atoms with Gasteiger partial charge in [0, 0.05) is 6.42 Å². The lowest BCUT2D eigenvalue weighted by Gasteiger charge is -2.00. The SMILES string of the molecule is C=COC(=O)CCCCCCCCN. The van der Waals surface area contributed by atoms with Crippen molar-refractivity contribution in [2.45, 2.75) is 44.9 Å². The maximum Gasteiger partial charge on any atom is 0.310 e. The maximum atomic E-state index is 10.9. The first kappa shape index (κ1) is 13.2. The van der Waals surface area contributed by atoms with Crippen LogP contribution in [-0.4, -0.2) is 12.5 Å². The Morgan fingerprint density at radius 3 is 2.29 bits per heavy atom. The molecule has 0 amide bonds. The van der Waals surface area contributed by atoms with Crippen molar-refractivity contribution < 1.29 is 9.53 Å². The zero-order valence-electron chi connectivity index (χ0n) is 8.84. The quantitative estimate of drug-likeness (QED) is 0.352. The molecule has 0 heterocycles. The monoisotopic (exact) mass is 199 g/mol. The van der Waals surface area contributed by atoms with Crippen molar-refractivity contribution in [1.82, 2.24) is 0 Å². The highest BCUT2D eigenvalue weighted by atomic mass is 16.5. The molecular weight excluding hydrogens is 178 g/mol. The van der Waals surface area contributed by atoms with Crippen molar-refractivity contribution in [3.05, 3.63) is 12.8 Å². The molecule has 0 rings (SSSR count). The largest absolute Gasteiger partial charge is 0.435 e. The Morgan fingerprint density at radius 2 is 1.71 bits per heavy atom. The van der Waals surface area contributed by atoms with Gasteiger partial charge in [0.2, 0.25) is 0 Å². The third kappa shape index (κ3) is 9.26. The van der Waals surface area contributed by atoms with Crippen molar-refractivity contribution in [2.75, 3.05) is 6.54 Å². The number of ether oxygens (including phenoxy) is 1. The molecule has 0 fully saturated rings. The molecule has 82 valence electrons. The highest BCUT2D eigenvalue weighted by Gasteiger charge is 1.99. The Kier molecular flexibility index (Phi) is 9.64. The minimum Gasteiger partial charge on any atom is -0.435 e. The van der Waals surface area contributed by atoms with E-state index in [0.29, 0.717) is 6.42 Å². The van der Waals surface area contributed by atoms with Crippen molar-refractivity contribution in [1.29, 1.82) is 0 Å². The van der Waals surface area contributed by atoms with Crippen LogP contribution in [0.15, 0.2) is 12.8 Å². The second kappa shape index (κ2) is 10.3. The maximum absolute atomic E-state index is 10.9. The topological polar surface area (TPSA) is 52.3 Å². The molecule has 2 N–H and O–H groups in total. The van der Waals surface area contributed by atoms with Gasteiger partial charge in [0.25, 0.3) is 0 Å². The van der Waals surface area contributed by atoms with Crippen molar-refractivity contribution in [3.8, 4) is 0 Å². The molecule has 0 aliphatic carbocycles. The van der Waals surface area contributed by atoms with Crippen molar-refractivity contribution >= 4 is 5.97 Å². The second-order valence-corrected chi connectivity index (χ2v) is 3.32. The fourth-order valence-corrected chi connectivity index (χ4v) is 1.27. The molecule has 0 aromatic rings.